The fourth-order valence-corrected chi connectivity index (χ4v) is 3.84. The molecule has 0 spiro atoms. The second-order valence-corrected chi connectivity index (χ2v) is 6.98. The molecule has 8 heteroatoms. The van der Waals surface area contributed by atoms with Crippen LogP contribution in [0.15, 0.2) is 40.0 Å². The van der Waals surface area contributed by atoms with E-state index in [4.69, 9.17) is 5.11 Å². The standard InChI is InChI=1S/C13H13BrN2O4S/c1-8-4-10(13(17)18)5-11(12(8)14)21(19,20)16-7-9-2-3-15-6-9/h2-6,15-16H,7H2,1H3,(H,17,18). The summed E-state index contributed by atoms with van der Waals surface area (Å²) < 4.78 is 27.5. The number of carboxylic acids is 1. The minimum absolute atomic E-state index is 0.0716. The van der Waals surface area contributed by atoms with Crippen molar-refractivity contribution in [2.24, 2.45) is 0 Å². The number of rotatable bonds is 5. The van der Waals surface area contributed by atoms with Crippen LogP contribution in [-0.2, 0) is 16.6 Å². The number of halogens is 1. The molecule has 0 aliphatic carbocycles. The van der Waals surface area contributed by atoms with Crippen molar-refractivity contribution < 1.29 is 18.3 Å². The molecule has 0 atom stereocenters. The maximum absolute atomic E-state index is 12.3. The van der Waals surface area contributed by atoms with Gasteiger partial charge >= 0.3 is 5.97 Å². The van der Waals surface area contributed by atoms with Gasteiger partial charge in [0.2, 0.25) is 10.0 Å². The Morgan fingerprint density at radius 1 is 1.43 bits per heavy atom. The molecule has 0 aliphatic rings. The molecule has 0 bridgehead atoms. The Morgan fingerprint density at radius 2 is 2.14 bits per heavy atom. The lowest BCUT2D eigenvalue weighted by atomic mass is 10.1. The second kappa shape index (κ2) is 6.00. The summed E-state index contributed by atoms with van der Waals surface area (Å²) in [5, 5.41) is 9.04. The third-order valence-electron chi connectivity index (χ3n) is 2.89. The van der Waals surface area contributed by atoms with Gasteiger partial charge in [-0.05, 0) is 52.2 Å². The number of hydrogen-bond acceptors (Lipinski definition) is 3. The Hall–Kier alpha value is -1.64. The number of sulfonamides is 1. The van der Waals surface area contributed by atoms with Gasteiger partial charge in [-0.25, -0.2) is 17.9 Å². The number of aromatic amines is 1. The van der Waals surface area contributed by atoms with Crippen molar-refractivity contribution in [1.29, 1.82) is 0 Å². The van der Waals surface area contributed by atoms with Crippen LogP contribution in [0.2, 0.25) is 0 Å². The first-order chi connectivity index (χ1) is 9.81. The Bertz CT molecular complexity index is 770. The van der Waals surface area contributed by atoms with Crippen LogP contribution >= 0.6 is 15.9 Å². The molecule has 0 aliphatic heterocycles. The highest BCUT2D eigenvalue weighted by atomic mass is 79.9. The molecule has 0 fully saturated rings. The van der Waals surface area contributed by atoms with Crippen LogP contribution in [0.3, 0.4) is 0 Å². The summed E-state index contributed by atoms with van der Waals surface area (Å²) in [5.74, 6) is -1.17. The minimum Gasteiger partial charge on any atom is -0.478 e. The Labute approximate surface area is 130 Å². The van der Waals surface area contributed by atoms with Crippen molar-refractivity contribution in [1.82, 2.24) is 9.71 Å². The lowest BCUT2D eigenvalue weighted by Gasteiger charge is -2.11. The molecule has 3 N–H and O–H groups in total. The summed E-state index contributed by atoms with van der Waals surface area (Å²) in [5.41, 5.74) is 1.25. The van der Waals surface area contributed by atoms with E-state index in [1.807, 2.05) is 0 Å². The molecular weight excluding hydrogens is 360 g/mol. The Kier molecular flexibility index (Phi) is 4.50. The van der Waals surface area contributed by atoms with E-state index in [0.29, 0.717) is 10.0 Å². The average molecular weight is 373 g/mol. The molecule has 0 amide bonds. The van der Waals surface area contributed by atoms with Crippen LogP contribution in [0.5, 0.6) is 0 Å². The topological polar surface area (TPSA) is 99.3 Å². The highest BCUT2D eigenvalue weighted by molar-refractivity contribution is 9.10. The van der Waals surface area contributed by atoms with Crippen molar-refractivity contribution in [2.75, 3.05) is 0 Å². The molecule has 1 heterocycles. The average Bonchev–Trinajstić information content (AvgIpc) is 2.92. The van der Waals surface area contributed by atoms with Crippen LogP contribution in [0, 0.1) is 6.92 Å². The van der Waals surface area contributed by atoms with Crippen molar-refractivity contribution in [3.05, 3.63) is 51.8 Å². The summed E-state index contributed by atoms with van der Waals surface area (Å²) in [7, 11) is -3.82. The van der Waals surface area contributed by atoms with Crippen LogP contribution in [0.25, 0.3) is 0 Å². The molecule has 0 unspecified atom stereocenters. The van der Waals surface area contributed by atoms with Gasteiger partial charge in [-0.15, -0.1) is 0 Å². The van der Waals surface area contributed by atoms with Crippen molar-refractivity contribution >= 4 is 31.9 Å². The highest BCUT2D eigenvalue weighted by Crippen LogP contribution is 2.27. The zero-order chi connectivity index (χ0) is 15.6. The van der Waals surface area contributed by atoms with Gasteiger partial charge in [0.1, 0.15) is 0 Å². The predicted molar refractivity (Wildman–Crippen MR) is 80.7 cm³/mol. The lowest BCUT2D eigenvalue weighted by molar-refractivity contribution is 0.0696. The monoisotopic (exact) mass is 372 g/mol. The molecular formula is C13H13BrN2O4S. The fraction of sp³-hybridized carbons (Fsp3) is 0.154. The number of aromatic carboxylic acids is 1. The first kappa shape index (κ1) is 15.7. The van der Waals surface area contributed by atoms with Gasteiger partial charge in [0.05, 0.1) is 10.5 Å². The number of aromatic nitrogens is 1. The van der Waals surface area contributed by atoms with Gasteiger partial charge in [-0.2, -0.15) is 0 Å². The number of carboxylic acid groups (broad SMARTS) is 1. The zero-order valence-electron chi connectivity index (χ0n) is 11.1. The number of nitrogens with one attached hydrogen (secondary N) is 2. The number of hydrogen-bond donors (Lipinski definition) is 3. The van der Waals surface area contributed by atoms with E-state index in [9.17, 15) is 13.2 Å². The first-order valence-corrected chi connectivity index (χ1v) is 8.23. The Morgan fingerprint density at radius 3 is 2.71 bits per heavy atom. The highest BCUT2D eigenvalue weighted by Gasteiger charge is 2.21. The first-order valence-electron chi connectivity index (χ1n) is 5.96. The van der Waals surface area contributed by atoms with Crippen LogP contribution < -0.4 is 4.72 Å². The second-order valence-electron chi connectivity index (χ2n) is 4.45. The smallest absolute Gasteiger partial charge is 0.335 e. The van der Waals surface area contributed by atoms with Crippen LogP contribution in [-0.4, -0.2) is 24.5 Å². The van der Waals surface area contributed by atoms with Gasteiger partial charge < -0.3 is 10.1 Å². The maximum Gasteiger partial charge on any atom is 0.335 e. The molecule has 0 radical (unpaired) electrons. The maximum atomic E-state index is 12.3. The SMILES string of the molecule is Cc1cc(C(=O)O)cc(S(=O)(=O)NCc2cc[nH]c2)c1Br. The molecule has 21 heavy (non-hydrogen) atoms. The van der Waals surface area contributed by atoms with E-state index in [1.54, 1.807) is 25.4 Å². The Balaban J connectivity index is 2.37. The molecule has 1 aromatic carbocycles. The van der Waals surface area contributed by atoms with Gasteiger partial charge in [-0.1, -0.05) is 0 Å². The normalized spacial score (nSPS) is 11.5. The molecule has 0 saturated carbocycles. The third-order valence-corrected chi connectivity index (χ3v) is 5.63. The zero-order valence-corrected chi connectivity index (χ0v) is 13.5. The van der Waals surface area contributed by atoms with Crippen molar-refractivity contribution in [3.8, 4) is 0 Å². The number of benzene rings is 1. The van der Waals surface area contributed by atoms with Gasteiger partial charge in [0.15, 0.2) is 0 Å². The van der Waals surface area contributed by atoms with Crippen LogP contribution in [0.1, 0.15) is 21.5 Å². The molecule has 2 aromatic rings. The number of carbonyl (C=O) groups is 1. The van der Waals surface area contributed by atoms with Crippen molar-refractivity contribution in [3.63, 3.8) is 0 Å². The van der Waals surface area contributed by atoms with Gasteiger partial charge in [0, 0.05) is 23.4 Å². The molecule has 1 aromatic heterocycles. The third kappa shape index (κ3) is 3.52. The summed E-state index contributed by atoms with van der Waals surface area (Å²) in [6, 6.07) is 4.30. The summed E-state index contributed by atoms with van der Waals surface area (Å²) in [6.45, 7) is 1.76. The molecule has 6 nitrogen and oxygen atoms in total. The van der Waals surface area contributed by atoms with Gasteiger partial charge in [0.25, 0.3) is 0 Å². The van der Waals surface area contributed by atoms with E-state index in [1.165, 1.54) is 6.07 Å². The van der Waals surface area contributed by atoms with Gasteiger partial charge in [-0.3, -0.25) is 0 Å². The lowest BCUT2D eigenvalue weighted by Crippen LogP contribution is -2.24. The summed E-state index contributed by atoms with van der Waals surface area (Å²) in [6.07, 6.45) is 3.37. The quantitative estimate of drug-likeness (QED) is 0.749. The molecule has 112 valence electrons. The minimum atomic E-state index is -3.82. The predicted octanol–water partition coefficient (Wildman–Crippen LogP) is 2.26. The van der Waals surface area contributed by atoms with Crippen molar-refractivity contribution in [2.45, 2.75) is 18.4 Å². The summed E-state index contributed by atoms with van der Waals surface area (Å²) >= 11 is 3.20. The largest absolute Gasteiger partial charge is 0.478 e. The molecule has 2 rings (SSSR count). The number of aryl methyl sites for hydroxylation is 1. The molecule has 0 saturated heterocycles. The fourth-order valence-electron chi connectivity index (χ4n) is 1.78. The van der Waals surface area contributed by atoms with E-state index >= 15 is 0 Å². The van der Waals surface area contributed by atoms with E-state index < -0.39 is 16.0 Å². The summed E-state index contributed by atoms with van der Waals surface area (Å²) in [4.78, 5) is 13.8. The van der Waals surface area contributed by atoms with E-state index in [0.717, 1.165) is 11.6 Å². The van der Waals surface area contributed by atoms with E-state index in [2.05, 4.69) is 25.6 Å². The number of H-pyrrole nitrogens is 1. The van der Waals surface area contributed by atoms with Crippen LogP contribution in [0.4, 0.5) is 0 Å². The van der Waals surface area contributed by atoms with E-state index in [-0.39, 0.29) is 17.0 Å².